The minimum absolute atomic E-state index is 0.126. The lowest BCUT2D eigenvalue weighted by Crippen LogP contribution is -2.20. The van der Waals surface area contributed by atoms with Crippen LogP contribution in [0.5, 0.6) is 11.5 Å². The van der Waals surface area contributed by atoms with Gasteiger partial charge in [0.1, 0.15) is 13.2 Å². The van der Waals surface area contributed by atoms with E-state index in [2.05, 4.69) is 5.32 Å². The van der Waals surface area contributed by atoms with Crippen molar-refractivity contribution in [2.75, 3.05) is 13.2 Å². The Morgan fingerprint density at radius 2 is 1.82 bits per heavy atom. The molecule has 0 saturated carbocycles. The third-order valence-corrected chi connectivity index (χ3v) is 3.30. The lowest BCUT2D eigenvalue weighted by Gasteiger charge is -2.18. The van der Waals surface area contributed by atoms with Crippen molar-refractivity contribution in [2.24, 2.45) is 0 Å². The maximum atomic E-state index is 11.8. The Labute approximate surface area is 129 Å². The van der Waals surface area contributed by atoms with Gasteiger partial charge in [-0.15, -0.1) is 0 Å². The van der Waals surface area contributed by atoms with Crippen LogP contribution in [0.2, 0.25) is 0 Å². The molecule has 0 aromatic heterocycles. The molecule has 0 spiro atoms. The number of fused-ring (bicyclic) bond motifs is 1. The molecule has 1 N–H and O–H groups in total. The van der Waals surface area contributed by atoms with Crippen LogP contribution < -0.4 is 14.8 Å². The first-order chi connectivity index (χ1) is 10.8. The molecule has 22 heavy (non-hydrogen) atoms. The first-order valence-corrected chi connectivity index (χ1v) is 7.21. The topological polar surface area (TPSA) is 47.6 Å². The van der Waals surface area contributed by atoms with Crippen molar-refractivity contribution in [3.05, 3.63) is 65.7 Å². The number of hydrogen-bond donors (Lipinski definition) is 1. The standard InChI is InChI=1S/C18H17NO3/c20-18(19-13-15-4-2-1-3-5-15)9-7-14-6-8-16-17(12-14)22-11-10-21-16/h1-9,12H,10-11,13H2,(H,19,20)/b9-7+. The van der Waals surface area contributed by atoms with Crippen molar-refractivity contribution in [1.29, 1.82) is 0 Å². The number of carbonyl (C=O) groups is 1. The minimum atomic E-state index is -0.126. The minimum Gasteiger partial charge on any atom is -0.486 e. The number of amides is 1. The third-order valence-electron chi connectivity index (χ3n) is 3.30. The van der Waals surface area contributed by atoms with Crippen LogP contribution in [0, 0.1) is 0 Å². The van der Waals surface area contributed by atoms with Gasteiger partial charge in [-0.05, 0) is 29.3 Å². The molecule has 1 aliphatic heterocycles. The first kappa shape index (κ1) is 14.2. The molecule has 1 amide bonds. The summed E-state index contributed by atoms with van der Waals surface area (Å²) in [4.78, 5) is 11.8. The quantitative estimate of drug-likeness (QED) is 0.882. The normalized spacial score (nSPS) is 13.1. The van der Waals surface area contributed by atoms with E-state index in [0.29, 0.717) is 19.8 Å². The summed E-state index contributed by atoms with van der Waals surface area (Å²) in [7, 11) is 0. The maximum Gasteiger partial charge on any atom is 0.244 e. The Hall–Kier alpha value is -2.75. The molecule has 2 aromatic rings. The molecule has 2 aromatic carbocycles. The number of carbonyl (C=O) groups excluding carboxylic acids is 1. The van der Waals surface area contributed by atoms with Gasteiger partial charge in [-0.2, -0.15) is 0 Å². The zero-order valence-corrected chi connectivity index (χ0v) is 12.1. The van der Waals surface area contributed by atoms with Gasteiger partial charge in [-0.3, -0.25) is 4.79 Å². The van der Waals surface area contributed by atoms with Crippen molar-refractivity contribution < 1.29 is 14.3 Å². The number of rotatable bonds is 4. The highest BCUT2D eigenvalue weighted by Gasteiger charge is 2.10. The molecule has 0 saturated heterocycles. The van der Waals surface area contributed by atoms with Gasteiger partial charge < -0.3 is 14.8 Å². The zero-order chi connectivity index (χ0) is 15.2. The van der Waals surface area contributed by atoms with E-state index in [0.717, 1.165) is 22.6 Å². The maximum absolute atomic E-state index is 11.8. The van der Waals surface area contributed by atoms with E-state index in [1.54, 1.807) is 6.08 Å². The predicted molar refractivity (Wildman–Crippen MR) is 84.8 cm³/mol. The fourth-order valence-electron chi connectivity index (χ4n) is 2.18. The second kappa shape index (κ2) is 6.80. The van der Waals surface area contributed by atoms with E-state index in [1.165, 1.54) is 6.08 Å². The first-order valence-electron chi connectivity index (χ1n) is 7.21. The zero-order valence-electron chi connectivity index (χ0n) is 12.1. The fraction of sp³-hybridized carbons (Fsp3) is 0.167. The van der Waals surface area contributed by atoms with E-state index >= 15 is 0 Å². The van der Waals surface area contributed by atoms with Crippen molar-refractivity contribution in [2.45, 2.75) is 6.54 Å². The van der Waals surface area contributed by atoms with Crippen LogP contribution in [0.3, 0.4) is 0 Å². The van der Waals surface area contributed by atoms with Crippen LogP contribution in [0.1, 0.15) is 11.1 Å². The van der Waals surface area contributed by atoms with Crippen LogP contribution in [0.25, 0.3) is 6.08 Å². The summed E-state index contributed by atoms with van der Waals surface area (Å²) in [6, 6.07) is 15.4. The summed E-state index contributed by atoms with van der Waals surface area (Å²) >= 11 is 0. The summed E-state index contributed by atoms with van der Waals surface area (Å²) in [5.41, 5.74) is 1.97. The number of ether oxygens (including phenoxy) is 2. The lowest BCUT2D eigenvalue weighted by molar-refractivity contribution is -0.116. The summed E-state index contributed by atoms with van der Waals surface area (Å²) in [6.07, 6.45) is 3.28. The third kappa shape index (κ3) is 3.67. The van der Waals surface area contributed by atoms with Crippen molar-refractivity contribution >= 4 is 12.0 Å². The van der Waals surface area contributed by atoms with Crippen LogP contribution >= 0.6 is 0 Å². The van der Waals surface area contributed by atoms with Gasteiger partial charge in [-0.25, -0.2) is 0 Å². The van der Waals surface area contributed by atoms with E-state index in [-0.39, 0.29) is 5.91 Å². The van der Waals surface area contributed by atoms with Crippen molar-refractivity contribution in [3.8, 4) is 11.5 Å². The fourth-order valence-corrected chi connectivity index (χ4v) is 2.18. The average molecular weight is 295 g/mol. The lowest BCUT2D eigenvalue weighted by atomic mass is 10.1. The average Bonchev–Trinajstić information content (AvgIpc) is 2.59. The van der Waals surface area contributed by atoms with Gasteiger partial charge in [0.2, 0.25) is 5.91 Å². The molecule has 0 unspecified atom stereocenters. The SMILES string of the molecule is O=C(/C=C/c1ccc2c(c1)OCCO2)NCc1ccccc1. The Morgan fingerprint density at radius 1 is 1.05 bits per heavy atom. The molecule has 0 fully saturated rings. The Kier molecular flexibility index (Phi) is 4.39. The highest BCUT2D eigenvalue weighted by atomic mass is 16.6. The number of benzene rings is 2. The summed E-state index contributed by atoms with van der Waals surface area (Å²) in [5.74, 6) is 1.34. The van der Waals surface area contributed by atoms with E-state index in [4.69, 9.17) is 9.47 Å². The number of hydrogen-bond acceptors (Lipinski definition) is 3. The van der Waals surface area contributed by atoms with Crippen molar-refractivity contribution in [3.63, 3.8) is 0 Å². The van der Waals surface area contributed by atoms with Gasteiger partial charge in [0.15, 0.2) is 11.5 Å². The summed E-state index contributed by atoms with van der Waals surface area (Å²) in [5, 5.41) is 2.85. The molecular weight excluding hydrogens is 278 g/mol. The monoisotopic (exact) mass is 295 g/mol. The molecule has 0 atom stereocenters. The second-order valence-electron chi connectivity index (χ2n) is 4.94. The molecule has 4 nitrogen and oxygen atoms in total. The molecule has 0 bridgehead atoms. The molecule has 1 aliphatic rings. The highest BCUT2D eigenvalue weighted by Crippen LogP contribution is 2.30. The molecule has 112 valence electrons. The Balaban J connectivity index is 1.58. The summed E-state index contributed by atoms with van der Waals surface area (Å²) in [6.45, 7) is 1.65. The smallest absolute Gasteiger partial charge is 0.244 e. The molecular formula is C18H17NO3. The van der Waals surface area contributed by atoms with E-state index in [9.17, 15) is 4.79 Å². The van der Waals surface area contributed by atoms with E-state index < -0.39 is 0 Å². The predicted octanol–water partition coefficient (Wildman–Crippen LogP) is 2.79. The van der Waals surface area contributed by atoms with Crippen LogP contribution in [-0.2, 0) is 11.3 Å². The van der Waals surface area contributed by atoms with E-state index in [1.807, 2.05) is 48.5 Å². The second-order valence-corrected chi connectivity index (χ2v) is 4.94. The van der Waals surface area contributed by atoms with Crippen LogP contribution in [0.15, 0.2) is 54.6 Å². The summed E-state index contributed by atoms with van der Waals surface area (Å²) < 4.78 is 11.0. The van der Waals surface area contributed by atoms with Crippen LogP contribution in [-0.4, -0.2) is 19.1 Å². The largest absolute Gasteiger partial charge is 0.486 e. The molecule has 3 rings (SSSR count). The van der Waals surface area contributed by atoms with Gasteiger partial charge >= 0.3 is 0 Å². The molecule has 1 heterocycles. The number of nitrogens with one attached hydrogen (secondary N) is 1. The van der Waals surface area contributed by atoms with Gasteiger partial charge in [0.05, 0.1) is 0 Å². The molecule has 0 radical (unpaired) electrons. The Bertz CT molecular complexity index is 680. The molecule has 0 aliphatic carbocycles. The van der Waals surface area contributed by atoms with Gasteiger partial charge in [0, 0.05) is 12.6 Å². The molecule has 4 heteroatoms. The van der Waals surface area contributed by atoms with Crippen molar-refractivity contribution in [1.82, 2.24) is 5.32 Å². The van der Waals surface area contributed by atoms with Gasteiger partial charge in [0.25, 0.3) is 0 Å². The van der Waals surface area contributed by atoms with Crippen LogP contribution in [0.4, 0.5) is 0 Å². The Morgan fingerprint density at radius 3 is 2.64 bits per heavy atom. The van der Waals surface area contributed by atoms with Gasteiger partial charge in [-0.1, -0.05) is 36.4 Å². The highest BCUT2D eigenvalue weighted by molar-refractivity contribution is 5.91.